The van der Waals surface area contributed by atoms with Gasteiger partial charge in [0, 0.05) is 22.8 Å². The van der Waals surface area contributed by atoms with Gasteiger partial charge >= 0.3 is 0 Å². The van der Waals surface area contributed by atoms with Crippen molar-refractivity contribution in [3.63, 3.8) is 0 Å². The molecule has 1 unspecified atom stereocenters. The molecule has 138 valence electrons. The molecule has 0 amide bonds. The Morgan fingerprint density at radius 1 is 1.27 bits per heavy atom. The molecule has 0 N–H and O–H groups in total. The van der Waals surface area contributed by atoms with Gasteiger partial charge in [0.2, 0.25) is 6.79 Å². The number of halogens is 1. The van der Waals surface area contributed by atoms with Crippen LogP contribution in [-0.2, 0) is 9.47 Å². The van der Waals surface area contributed by atoms with Crippen molar-refractivity contribution in [2.24, 2.45) is 0 Å². The average molecular weight is 376 g/mol. The SMILES string of the molecule is CCCCCOc1ccn(C(C2=COCO2)c2ccccc2Cl)c(=O)c1. The molecule has 6 heteroatoms. The maximum atomic E-state index is 12.7. The Labute approximate surface area is 157 Å². The number of aromatic nitrogens is 1. The molecule has 1 aliphatic heterocycles. The highest BCUT2D eigenvalue weighted by atomic mass is 35.5. The Hall–Kier alpha value is -2.40. The molecule has 1 aromatic heterocycles. The van der Waals surface area contributed by atoms with E-state index in [0.717, 1.165) is 24.8 Å². The van der Waals surface area contributed by atoms with E-state index in [1.165, 1.54) is 12.3 Å². The standard InChI is InChI=1S/C20H22ClNO4/c1-2-3-6-11-25-15-9-10-22(19(23)12-15)20(18-13-24-14-26-18)16-7-4-5-8-17(16)21/h4-5,7-10,12-13,20H,2-3,6,11,14H2,1H3. The Balaban J connectivity index is 1.90. The number of pyridine rings is 1. The number of hydrogen-bond acceptors (Lipinski definition) is 4. The summed E-state index contributed by atoms with van der Waals surface area (Å²) in [7, 11) is 0. The van der Waals surface area contributed by atoms with E-state index < -0.39 is 6.04 Å². The fourth-order valence-electron chi connectivity index (χ4n) is 2.85. The zero-order chi connectivity index (χ0) is 18.4. The second kappa shape index (κ2) is 8.81. The lowest BCUT2D eigenvalue weighted by molar-refractivity contribution is 0.0735. The van der Waals surface area contributed by atoms with Crippen molar-refractivity contribution in [1.29, 1.82) is 0 Å². The van der Waals surface area contributed by atoms with Gasteiger partial charge in [-0.3, -0.25) is 4.79 Å². The number of hydrogen-bond donors (Lipinski definition) is 0. The zero-order valence-corrected chi connectivity index (χ0v) is 15.4. The first kappa shape index (κ1) is 18.4. The van der Waals surface area contributed by atoms with Crippen LogP contribution in [0.15, 0.2) is 59.4 Å². The van der Waals surface area contributed by atoms with Gasteiger partial charge in [-0.2, -0.15) is 0 Å². The Kier molecular flexibility index (Phi) is 6.23. The van der Waals surface area contributed by atoms with Crippen molar-refractivity contribution < 1.29 is 14.2 Å². The number of unbranched alkanes of at least 4 members (excludes halogenated alkanes) is 2. The lowest BCUT2D eigenvalue weighted by Crippen LogP contribution is -2.26. The van der Waals surface area contributed by atoms with Crippen LogP contribution >= 0.6 is 11.6 Å². The third kappa shape index (κ3) is 4.22. The summed E-state index contributed by atoms with van der Waals surface area (Å²) in [4.78, 5) is 12.7. The topological polar surface area (TPSA) is 49.7 Å². The van der Waals surface area contributed by atoms with Gasteiger partial charge in [-0.25, -0.2) is 0 Å². The van der Waals surface area contributed by atoms with E-state index in [9.17, 15) is 4.79 Å². The van der Waals surface area contributed by atoms with Gasteiger partial charge in [-0.05, 0) is 18.6 Å². The van der Waals surface area contributed by atoms with Gasteiger partial charge in [-0.1, -0.05) is 49.6 Å². The van der Waals surface area contributed by atoms with E-state index in [-0.39, 0.29) is 12.4 Å². The molecule has 0 aliphatic carbocycles. The summed E-state index contributed by atoms with van der Waals surface area (Å²) in [6, 6.07) is 10.2. The van der Waals surface area contributed by atoms with Crippen molar-refractivity contribution in [1.82, 2.24) is 4.57 Å². The summed E-state index contributed by atoms with van der Waals surface area (Å²) < 4.78 is 18.0. The highest BCUT2D eigenvalue weighted by molar-refractivity contribution is 6.31. The molecule has 2 aromatic rings. The molecular formula is C20H22ClNO4. The predicted octanol–water partition coefficient (Wildman–Crippen LogP) is 4.51. The van der Waals surface area contributed by atoms with Gasteiger partial charge in [0.25, 0.3) is 5.56 Å². The maximum absolute atomic E-state index is 12.7. The minimum Gasteiger partial charge on any atom is -0.493 e. The molecule has 0 fully saturated rings. The summed E-state index contributed by atoms with van der Waals surface area (Å²) >= 11 is 6.37. The van der Waals surface area contributed by atoms with Crippen LogP contribution in [0.4, 0.5) is 0 Å². The van der Waals surface area contributed by atoms with E-state index in [2.05, 4.69) is 6.92 Å². The minimum absolute atomic E-state index is 0.129. The van der Waals surface area contributed by atoms with E-state index in [1.54, 1.807) is 22.9 Å². The first-order valence-corrected chi connectivity index (χ1v) is 9.12. The Morgan fingerprint density at radius 2 is 2.12 bits per heavy atom. The highest BCUT2D eigenvalue weighted by Crippen LogP contribution is 2.33. The summed E-state index contributed by atoms with van der Waals surface area (Å²) in [6.07, 6.45) is 6.43. The van der Waals surface area contributed by atoms with Crippen molar-refractivity contribution in [3.8, 4) is 5.75 Å². The fourth-order valence-corrected chi connectivity index (χ4v) is 3.09. The molecule has 0 radical (unpaired) electrons. The molecular weight excluding hydrogens is 354 g/mol. The van der Waals surface area contributed by atoms with Gasteiger partial charge in [-0.15, -0.1) is 0 Å². The van der Waals surface area contributed by atoms with Gasteiger partial charge in [0.05, 0.1) is 6.61 Å². The first-order valence-electron chi connectivity index (χ1n) is 8.74. The molecule has 1 aromatic carbocycles. The smallest absolute Gasteiger partial charge is 0.255 e. The van der Waals surface area contributed by atoms with Crippen LogP contribution in [0.25, 0.3) is 0 Å². The van der Waals surface area contributed by atoms with Crippen LogP contribution in [0.5, 0.6) is 5.75 Å². The summed E-state index contributed by atoms with van der Waals surface area (Å²) in [6.45, 7) is 2.87. The van der Waals surface area contributed by atoms with E-state index in [1.807, 2.05) is 18.2 Å². The van der Waals surface area contributed by atoms with Crippen LogP contribution in [-0.4, -0.2) is 18.0 Å². The molecule has 2 heterocycles. The van der Waals surface area contributed by atoms with E-state index in [0.29, 0.717) is 23.1 Å². The monoisotopic (exact) mass is 375 g/mol. The maximum Gasteiger partial charge on any atom is 0.255 e. The fraction of sp³-hybridized carbons (Fsp3) is 0.350. The molecule has 1 aliphatic rings. The lowest BCUT2D eigenvalue weighted by Gasteiger charge is -2.21. The number of benzene rings is 1. The zero-order valence-electron chi connectivity index (χ0n) is 14.7. The summed E-state index contributed by atoms with van der Waals surface area (Å²) in [5.41, 5.74) is 0.573. The van der Waals surface area contributed by atoms with E-state index >= 15 is 0 Å². The quantitative estimate of drug-likeness (QED) is 0.637. The van der Waals surface area contributed by atoms with Crippen LogP contribution in [0.1, 0.15) is 37.8 Å². The lowest BCUT2D eigenvalue weighted by atomic mass is 10.0. The summed E-state index contributed by atoms with van der Waals surface area (Å²) in [5, 5.41) is 0.556. The van der Waals surface area contributed by atoms with Crippen molar-refractivity contribution in [3.05, 3.63) is 75.6 Å². The second-order valence-corrected chi connectivity index (χ2v) is 6.44. The second-order valence-electron chi connectivity index (χ2n) is 6.04. The molecule has 0 saturated heterocycles. The molecule has 0 saturated carbocycles. The number of ether oxygens (including phenoxy) is 3. The third-order valence-electron chi connectivity index (χ3n) is 4.18. The van der Waals surface area contributed by atoms with Crippen LogP contribution in [0, 0.1) is 0 Å². The van der Waals surface area contributed by atoms with Crippen molar-refractivity contribution >= 4 is 11.6 Å². The first-order chi connectivity index (χ1) is 12.7. The predicted molar refractivity (Wildman–Crippen MR) is 100 cm³/mol. The van der Waals surface area contributed by atoms with Crippen LogP contribution in [0.2, 0.25) is 5.02 Å². The van der Waals surface area contributed by atoms with Crippen LogP contribution in [0.3, 0.4) is 0 Å². The van der Waals surface area contributed by atoms with Crippen LogP contribution < -0.4 is 10.3 Å². The molecule has 1 atom stereocenters. The third-order valence-corrected chi connectivity index (χ3v) is 4.52. The molecule has 3 rings (SSSR count). The molecule has 5 nitrogen and oxygen atoms in total. The van der Waals surface area contributed by atoms with Gasteiger partial charge in [0.1, 0.15) is 18.1 Å². The normalized spacial score (nSPS) is 14.3. The molecule has 0 spiro atoms. The van der Waals surface area contributed by atoms with Gasteiger partial charge < -0.3 is 18.8 Å². The Bertz CT molecular complexity index is 831. The van der Waals surface area contributed by atoms with Gasteiger partial charge in [0.15, 0.2) is 5.76 Å². The number of nitrogens with zero attached hydrogens (tertiary/aromatic N) is 1. The summed E-state index contributed by atoms with van der Waals surface area (Å²) in [5.74, 6) is 1.11. The molecule has 0 bridgehead atoms. The van der Waals surface area contributed by atoms with E-state index in [4.69, 9.17) is 25.8 Å². The average Bonchev–Trinajstić information content (AvgIpc) is 3.16. The largest absolute Gasteiger partial charge is 0.493 e. The highest BCUT2D eigenvalue weighted by Gasteiger charge is 2.26. The number of rotatable bonds is 8. The van der Waals surface area contributed by atoms with Crippen molar-refractivity contribution in [2.45, 2.75) is 32.2 Å². The Morgan fingerprint density at radius 3 is 2.81 bits per heavy atom. The van der Waals surface area contributed by atoms with Crippen molar-refractivity contribution in [2.75, 3.05) is 13.4 Å². The minimum atomic E-state index is -0.493. The molecule has 26 heavy (non-hydrogen) atoms. The number of allylic oxidation sites excluding steroid dienone is 1.